The fourth-order valence-corrected chi connectivity index (χ4v) is 2.72. The van der Waals surface area contributed by atoms with Gasteiger partial charge in [-0.25, -0.2) is 15.0 Å². The maximum Gasteiger partial charge on any atom is 0.225 e. The third-order valence-corrected chi connectivity index (χ3v) is 4.30. The topological polar surface area (TPSA) is 70.6 Å². The molecule has 1 saturated heterocycles. The summed E-state index contributed by atoms with van der Waals surface area (Å²) in [7, 11) is 0. The van der Waals surface area contributed by atoms with Gasteiger partial charge in [-0.3, -0.25) is 0 Å². The third-order valence-electron chi connectivity index (χ3n) is 3.78. The van der Waals surface area contributed by atoms with E-state index in [1.54, 1.807) is 12.4 Å². The van der Waals surface area contributed by atoms with Gasteiger partial charge in [-0.1, -0.05) is 28.1 Å². The summed E-state index contributed by atoms with van der Waals surface area (Å²) in [6.45, 7) is 3.94. The lowest BCUT2D eigenvalue weighted by Gasteiger charge is -2.35. The lowest BCUT2D eigenvalue weighted by Crippen LogP contribution is -2.51. The number of benzene rings is 1. The Morgan fingerprint density at radius 1 is 1.08 bits per heavy atom. The first-order chi connectivity index (χ1) is 11.2. The zero-order valence-corrected chi connectivity index (χ0v) is 17.1. The standard InChI is InChI=1S/C16H19BrN6.HI/c17-14-4-2-13(3-5-14)12-21-15(18)22-8-10-23(11-9-22)16-19-6-1-7-20-16;/h1-7H,8-12H2,(H2,18,21);1H. The van der Waals surface area contributed by atoms with Crippen molar-refractivity contribution in [3.63, 3.8) is 0 Å². The summed E-state index contributed by atoms with van der Waals surface area (Å²) in [6.07, 6.45) is 3.53. The fraction of sp³-hybridized carbons (Fsp3) is 0.312. The van der Waals surface area contributed by atoms with Gasteiger partial charge < -0.3 is 15.5 Å². The first-order valence-corrected chi connectivity index (χ1v) is 8.33. The van der Waals surface area contributed by atoms with Crippen LogP contribution in [-0.2, 0) is 6.54 Å². The highest BCUT2D eigenvalue weighted by Crippen LogP contribution is 2.12. The van der Waals surface area contributed by atoms with Crippen LogP contribution in [0.1, 0.15) is 5.56 Å². The Kier molecular flexibility index (Phi) is 7.22. The van der Waals surface area contributed by atoms with Gasteiger partial charge in [0, 0.05) is 43.0 Å². The Labute approximate surface area is 167 Å². The minimum Gasteiger partial charge on any atom is -0.370 e. The number of guanidine groups is 1. The van der Waals surface area contributed by atoms with E-state index in [-0.39, 0.29) is 24.0 Å². The molecule has 8 heteroatoms. The molecule has 0 bridgehead atoms. The molecule has 0 radical (unpaired) electrons. The lowest BCUT2D eigenvalue weighted by molar-refractivity contribution is 0.378. The Bertz CT molecular complexity index is 656. The maximum absolute atomic E-state index is 6.13. The summed E-state index contributed by atoms with van der Waals surface area (Å²) in [5.41, 5.74) is 7.27. The highest BCUT2D eigenvalue weighted by Gasteiger charge is 2.19. The number of anilines is 1. The number of nitrogens with two attached hydrogens (primary N) is 1. The van der Waals surface area contributed by atoms with Crippen molar-refractivity contribution in [2.75, 3.05) is 31.1 Å². The smallest absolute Gasteiger partial charge is 0.225 e. The molecule has 128 valence electrons. The van der Waals surface area contributed by atoms with Gasteiger partial charge in [-0.05, 0) is 23.8 Å². The predicted octanol–water partition coefficient (Wildman–Crippen LogP) is 2.49. The summed E-state index contributed by atoms with van der Waals surface area (Å²) >= 11 is 3.43. The first-order valence-electron chi connectivity index (χ1n) is 7.53. The zero-order chi connectivity index (χ0) is 16.1. The van der Waals surface area contributed by atoms with Crippen LogP contribution in [0, 0.1) is 0 Å². The van der Waals surface area contributed by atoms with Crippen LogP contribution in [0.15, 0.2) is 52.2 Å². The van der Waals surface area contributed by atoms with Gasteiger partial charge in [0.25, 0.3) is 0 Å². The Morgan fingerprint density at radius 3 is 2.33 bits per heavy atom. The minimum absolute atomic E-state index is 0. The molecule has 1 aliphatic rings. The fourth-order valence-electron chi connectivity index (χ4n) is 2.45. The van der Waals surface area contributed by atoms with Crippen molar-refractivity contribution in [2.24, 2.45) is 10.7 Å². The zero-order valence-electron chi connectivity index (χ0n) is 13.2. The van der Waals surface area contributed by atoms with Gasteiger partial charge >= 0.3 is 0 Å². The molecule has 3 rings (SSSR count). The first kappa shape index (κ1) is 18.9. The molecular formula is C16H20BrIN6. The number of hydrogen-bond donors (Lipinski definition) is 1. The molecule has 6 nitrogen and oxygen atoms in total. The van der Waals surface area contributed by atoms with Crippen LogP contribution in [0.3, 0.4) is 0 Å². The molecule has 1 fully saturated rings. The number of nitrogens with zero attached hydrogens (tertiary/aromatic N) is 5. The largest absolute Gasteiger partial charge is 0.370 e. The molecule has 0 atom stereocenters. The summed E-state index contributed by atoms with van der Waals surface area (Å²) in [6, 6.07) is 9.95. The van der Waals surface area contributed by atoms with E-state index < -0.39 is 0 Å². The molecule has 2 aromatic rings. The molecule has 0 aliphatic carbocycles. The van der Waals surface area contributed by atoms with Crippen LogP contribution < -0.4 is 10.6 Å². The van der Waals surface area contributed by atoms with Crippen molar-refractivity contribution in [3.05, 3.63) is 52.8 Å². The Hall–Kier alpha value is -1.42. The highest BCUT2D eigenvalue weighted by atomic mass is 127. The molecule has 0 spiro atoms. The van der Waals surface area contributed by atoms with E-state index in [0.29, 0.717) is 12.5 Å². The normalized spacial score (nSPS) is 15.1. The van der Waals surface area contributed by atoms with E-state index in [9.17, 15) is 0 Å². The van der Waals surface area contributed by atoms with Crippen LogP contribution in [0.2, 0.25) is 0 Å². The molecule has 0 unspecified atom stereocenters. The SMILES string of the molecule is I.NC(=NCc1ccc(Br)cc1)N1CCN(c2ncccn2)CC1. The number of rotatable bonds is 3. The molecule has 0 saturated carbocycles. The monoisotopic (exact) mass is 502 g/mol. The van der Waals surface area contributed by atoms with Crippen molar-refractivity contribution >= 4 is 51.8 Å². The van der Waals surface area contributed by atoms with Crippen molar-refractivity contribution in [1.82, 2.24) is 14.9 Å². The number of halogens is 2. The van der Waals surface area contributed by atoms with Crippen molar-refractivity contribution in [1.29, 1.82) is 0 Å². The number of hydrogen-bond acceptors (Lipinski definition) is 4. The van der Waals surface area contributed by atoms with Gasteiger partial charge in [0.1, 0.15) is 0 Å². The molecule has 1 aromatic heterocycles. The Morgan fingerprint density at radius 2 is 1.71 bits per heavy atom. The van der Waals surface area contributed by atoms with Gasteiger partial charge in [0.2, 0.25) is 5.95 Å². The molecule has 2 heterocycles. The van der Waals surface area contributed by atoms with Gasteiger partial charge in [0.15, 0.2) is 5.96 Å². The molecular weight excluding hydrogens is 483 g/mol. The van der Waals surface area contributed by atoms with Crippen molar-refractivity contribution in [3.8, 4) is 0 Å². The number of piperazine rings is 1. The molecule has 24 heavy (non-hydrogen) atoms. The summed E-state index contributed by atoms with van der Waals surface area (Å²) < 4.78 is 1.07. The second-order valence-corrected chi connectivity index (χ2v) is 6.24. The second kappa shape index (κ2) is 9.16. The van der Waals surface area contributed by atoms with Crippen LogP contribution in [0.25, 0.3) is 0 Å². The molecule has 1 aromatic carbocycles. The predicted molar refractivity (Wildman–Crippen MR) is 111 cm³/mol. The third kappa shape index (κ3) is 5.04. The maximum atomic E-state index is 6.13. The number of aliphatic imine (C=N–C) groups is 1. The van der Waals surface area contributed by atoms with Gasteiger partial charge in [-0.2, -0.15) is 0 Å². The minimum atomic E-state index is 0. The van der Waals surface area contributed by atoms with Crippen LogP contribution in [-0.4, -0.2) is 47.0 Å². The van der Waals surface area contributed by atoms with E-state index in [2.05, 4.69) is 40.7 Å². The van der Waals surface area contributed by atoms with Gasteiger partial charge in [0.05, 0.1) is 6.54 Å². The molecule has 0 amide bonds. The average molecular weight is 503 g/mol. The Balaban J connectivity index is 0.00000208. The molecule has 1 aliphatic heterocycles. The summed E-state index contributed by atoms with van der Waals surface area (Å²) in [4.78, 5) is 17.3. The van der Waals surface area contributed by atoms with E-state index in [1.165, 1.54) is 0 Å². The highest BCUT2D eigenvalue weighted by molar-refractivity contribution is 14.0. The number of aromatic nitrogens is 2. The van der Waals surface area contributed by atoms with Crippen LogP contribution >= 0.6 is 39.9 Å². The summed E-state index contributed by atoms with van der Waals surface area (Å²) in [5, 5.41) is 0. The van der Waals surface area contributed by atoms with E-state index in [0.717, 1.165) is 42.2 Å². The van der Waals surface area contributed by atoms with Crippen LogP contribution in [0.5, 0.6) is 0 Å². The average Bonchev–Trinajstić information content (AvgIpc) is 2.62. The molecule has 2 N–H and O–H groups in total. The quantitative estimate of drug-likeness (QED) is 0.396. The van der Waals surface area contributed by atoms with Crippen molar-refractivity contribution < 1.29 is 0 Å². The summed E-state index contributed by atoms with van der Waals surface area (Å²) in [5.74, 6) is 1.37. The van der Waals surface area contributed by atoms with E-state index in [1.807, 2.05) is 30.3 Å². The van der Waals surface area contributed by atoms with E-state index in [4.69, 9.17) is 5.73 Å². The second-order valence-electron chi connectivity index (χ2n) is 5.32. The lowest BCUT2D eigenvalue weighted by atomic mass is 10.2. The van der Waals surface area contributed by atoms with Crippen molar-refractivity contribution in [2.45, 2.75) is 6.54 Å². The van der Waals surface area contributed by atoms with Crippen LogP contribution in [0.4, 0.5) is 5.95 Å². The van der Waals surface area contributed by atoms with Gasteiger partial charge in [-0.15, -0.1) is 24.0 Å². The van der Waals surface area contributed by atoms with E-state index >= 15 is 0 Å².